The van der Waals surface area contributed by atoms with Crippen molar-refractivity contribution in [1.82, 2.24) is 10.2 Å². The molecule has 0 bridgehead atoms. The van der Waals surface area contributed by atoms with Crippen LogP contribution in [0, 0.1) is 0 Å². The van der Waals surface area contributed by atoms with Crippen LogP contribution in [0.25, 0.3) is 10.8 Å². The zero-order valence-corrected chi connectivity index (χ0v) is 17.0. The Balaban J connectivity index is 1.50. The Labute approximate surface area is 180 Å². The summed E-state index contributed by atoms with van der Waals surface area (Å²) in [6, 6.07) is 21.2. The summed E-state index contributed by atoms with van der Waals surface area (Å²) in [7, 11) is 0. The van der Waals surface area contributed by atoms with Crippen molar-refractivity contribution in [2.45, 2.75) is 37.9 Å². The number of nitrogens with one attached hydrogen (secondary N) is 1. The van der Waals surface area contributed by atoms with Gasteiger partial charge in [-0.25, -0.2) is 4.79 Å². The molecule has 2 atom stereocenters. The van der Waals surface area contributed by atoms with Crippen molar-refractivity contribution in [3.05, 3.63) is 83.9 Å². The van der Waals surface area contributed by atoms with E-state index in [9.17, 15) is 19.5 Å². The molecule has 3 aromatic carbocycles. The fraction of sp³-hybridized carbons (Fsp3) is 0.240. The van der Waals surface area contributed by atoms with E-state index in [1.54, 1.807) is 4.90 Å². The molecule has 1 saturated heterocycles. The second-order valence-corrected chi connectivity index (χ2v) is 7.80. The number of carboxylic acid groups (broad SMARTS) is 1. The lowest BCUT2D eigenvalue weighted by molar-refractivity contribution is -0.143. The topological polar surface area (TPSA) is 86.7 Å². The van der Waals surface area contributed by atoms with E-state index in [0.29, 0.717) is 13.0 Å². The third-order valence-corrected chi connectivity index (χ3v) is 5.75. The van der Waals surface area contributed by atoms with E-state index in [-0.39, 0.29) is 18.7 Å². The number of aliphatic carboxylic acids is 1. The second-order valence-electron chi connectivity index (χ2n) is 7.80. The first-order chi connectivity index (χ1) is 15.0. The number of likely N-dealkylation sites (tertiary alicyclic amines) is 1. The molecule has 0 radical (unpaired) electrons. The minimum Gasteiger partial charge on any atom is -0.480 e. The summed E-state index contributed by atoms with van der Waals surface area (Å²) in [6.45, 7) is 0.332. The van der Waals surface area contributed by atoms with Crippen LogP contribution >= 0.6 is 0 Å². The minimum absolute atomic E-state index is 0.0927. The molecule has 1 fully saturated rings. The van der Waals surface area contributed by atoms with Crippen LogP contribution in [0.3, 0.4) is 0 Å². The highest BCUT2D eigenvalue weighted by atomic mass is 16.4. The van der Waals surface area contributed by atoms with Gasteiger partial charge in [0.2, 0.25) is 11.8 Å². The van der Waals surface area contributed by atoms with Crippen LogP contribution in [-0.4, -0.2) is 39.9 Å². The van der Waals surface area contributed by atoms with Crippen molar-refractivity contribution in [3.63, 3.8) is 0 Å². The number of carbonyl (C=O) groups excluding carboxylic acids is 2. The average molecular weight is 416 g/mol. The van der Waals surface area contributed by atoms with Crippen molar-refractivity contribution < 1.29 is 19.5 Å². The Morgan fingerprint density at radius 3 is 2.48 bits per heavy atom. The third-order valence-electron chi connectivity index (χ3n) is 5.75. The van der Waals surface area contributed by atoms with Crippen molar-refractivity contribution in [2.75, 3.05) is 0 Å². The fourth-order valence-corrected chi connectivity index (χ4v) is 4.14. The van der Waals surface area contributed by atoms with E-state index < -0.39 is 24.0 Å². The summed E-state index contributed by atoms with van der Waals surface area (Å²) in [5.74, 6) is -1.61. The van der Waals surface area contributed by atoms with Crippen LogP contribution in [0.15, 0.2) is 72.8 Å². The first kappa shape index (κ1) is 20.6. The number of amides is 2. The quantitative estimate of drug-likeness (QED) is 0.620. The van der Waals surface area contributed by atoms with E-state index in [0.717, 1.165) is 21.9 Å². The van der Waals surface area contributed by atoms with Crippen LogP contribution < -0.4 is 5.32 Å². The average Bonchev–Trinajstić information content (AvgIpc) is 3.14. The van der Waals surface area contributed by atoms with Gasteiger partial charge in [0.1, 0.15) is 12.1 Å². The highest BCUT2D eigenvalue weighted by Gasteiger charge is 2.37. The summed E-state index contributed by atoms with van der Waals surface area (Å²) in [4.78, 5) is 38.8. The molecule has 0 saturated carbocycles. The van der Waals surface area contributed by atoms with Crippen molar-refractivity contribution in [2.24, 2.45) is 0 Å². The Kier molecular flexibility index (Phi) is 5.98. The standard InChI is InChI=1S/C25H24N2O4/c28-23-14-13-22(27(23)16-17-7-2-1-3-8-17)24(29)26-21(25(30)31)15-19-11-6-10-18-9-4-5-12-20(18)19/h1-12,21-22H,13-16H2,(H,26,29)(H,30,31)/t21-,22-/m0/s1. The maximum Gasteiger partial charge on any atom is 0.326 e. The first-order valence-electron chi connectivity index (χ1n) is 10.4. The van der Waals surface area contributed by atoms with Gasteiger partial charge in [-0.05, 0) is 28.3 Å². The zero-order valence-electron chi connectivity index (χ0n) is 17.0. The van der Waals surface area contributed by atoms with E-state index in [2.05, 4.69) is 5.32 Å². The van der Waals surface area contributed by atoms with Gasteiger partial charge in [-0.1, -0.05) is 72.8 Å². The van der Waals surface area contributed by atoms with Gasteiger partial charge in [0.25, 0.3) is 0 Å². The molecule has 158 valence electrons. The van der Waals surface area contributed by atoms with Crippen LogP contribution in [0.1, 0.15) is 24.0 Å². The Bertz CT molecular complexity index is 1110. The molecule has 6 nitrogen and oxygen atoms in total. The van der Waals surface area contributed by atoms with Gasteiger partial charge < -0.3 is 15.3 Å². The van der Waals surface area contributed by atoms with Crippen LogP contribution in [0.4, 0.5) is 0 Å². The SMILES string of the molecule is O=C(O)[C@H](Cc1cccc2ccccc12)NC(=O)[C@@H]1CCC(=O)N1Cc1ccccc1. The summed E-state index contributed by atoms with van der Waals surface area (Å²) in [5, 5.41) is 14.4. The van der Waals surface area contributed by atoms with E-state index in [1.165, 1.54) is 0 Å². The summed E-state index contributed by atoms with van der Waals surface area (Å²) in [6.07, 6.45) is 0.839. The van der Waals surface area contributed by atoms with Crippen molar-refractivity contribution in [1.29, 1.82) is 0 Å². The third kappa shape index (κ3) is 4.58. The number of rotatable bonds is 7. The van der Waals surface area contributed by atoms with Gasteiger partial charge in [0.15, 0.2) is 0 Å². The van der Waals surface area contributed by atoms with Crippen LogP contribution in [0.2, 0.25) is 0 Å². The zero-order chi connectivity index (χ0) is 21.8. The molecule has 0 unspecified atom stereocenters. The lowest BCUT2D eigenvalue weighted by atomic mass is 9.98. The number of hydrogen-bond donors (Lipinski definition) is 2. The summed E-state index contributed by atoms with van der Waals surface area (Å²) in [5.41, 5.74) is 1.79. The maximum atomic E-state index is 13.0. The summed E-state index contributed by atoms with van der Waals surface area (Å²) >= 11 is 0. The molecule has 1 aliphatic rings. The molecule has 1 aliphatic heterocycles. The van der Waals surface area contributed by atoms with Crippen molar-refractivity contribution in [3.8, 4) is 0 Å². The molecule has 4 rings (SSSR count). The van der Waals surface area contributed by atoms with E-state index in [1.807, 2.05) is 72.8 Å². The Hall–Kier alpha value is -3.67. The molecular formula is C25H24N2O4. The van der Waals surface area contributed by atoms with Crippen molar-refractivity contribution >= 4 is 28.6 Å². The highest BCUT2D eigenvalue weighted by molar-refractivity contribution is 5.93. The predicted octanol–water partition coefficient (Wildman–Crippen LogP) is 3.14. The Morgan fingerprint density at radius 2 is 1.71 bits per heavy atom. The van der Waals surface area contributed by atoms with Gasteiger partial charge in [-0.15, -0.1) is 0 Å². The number of carbonyl (C=O) groups is 3. The van der Waals surface area contributed by atoms with Gasteiger partial charge in [-0.2, -0.15) is 0 Å². The number of benzene rings is 3. The first-order valence-corrected chi connectivity index (χ1v) is 10.4. The molecule has 0 aliphatic carbocycles. The number of hydrogen-bond acceptors (Lipinski definition) is 3. The van der Waals surface area contributed by atoms with E-state index >= 15 is 0 Å². The molecule has 3 aromatic rings. The van der Waals surface area contributed by atoms with Gasteiger partial charge in [-0.3, -0.25) is 9.59 Å². The predicted molar refractivity (Wildman–Crippen MR) is 117 cm³/mol. The highest BCUT2D eigenvalue weighted by Crippen LogP contribution is 2.23. The van der Waals surface area contributed by atoms with E-state index in [4.69, 9.17) is 0 Å². The van der Waals surface area contributed by atoms with Gasteiger partial charge >= 0.3 is 5.97 Å². The number of nitrogens with zero attached hydrogens (tertiary/aromatic N) is 1. The van der Waals surface area contributed by atoms with Crippen LogP contribution in [0.5, 0.6) is 0 Å². The normalized spacial score (nSPS) is 17.0. The van der Waals surface area contributed by atoms with Gasteiger partial charge in [0.05, 0.1) is 0 Å². The molecule has 31 heavy (non-hydrogen) atoms. The second kappa shape index (κ2) is 9.00. The molecule has 0 spiro atoms. The molecule has 0 aromatic heterocycles. The molecule has 6 heteroatoms. The molecule has 1 heterocycles. The lowest BCUT2D eigenvalue weighted by Crippen LogP contribution is -2.50. The maximum absolute atomic E-state index is 13.0. The van der Waals surface area contributed by atoms with Crippen LogP contribution in [-0.2, 0) is 27.3 Å². The largest absolute Gasteiger partial charge is 0.480 e. The van der Waals surface area contributed by atoms with Gasteiger partial charge in [0, 0.05) is 19.4 Å². The monoisotopic (exact) mass is 416 g/mol. The molecule has 2 N–H and O–H groups in total. The molecule has 2 amide bonds. The number of fused-ring (bicyclic) bond motifs is 1. The smallest absolute Gasteiger partial charge is 0.326 e. The number of carboxylic acids is 1. The summed E-state index contributed by atoms with van der Waals surface area (Å²) < 4.78 is 0. The molecular weight excluding hydrogens is 392 g/mol. The lowest BCUT2D eigenvalue weighted by Gasteiger charge is -2.26. The fourth-order valence-electron chi connectivity index (χ4n) is 4.14. The minimum atomic E-state index is -1.10. The Morgan fingerprint density at radius 1 is 1.00 bits per heavy atom.